The van der Waals surface area contributed by atoms with Crippen LogP contribution in [-0.4, -0.2) is 0 Å². The van der Waals surface area contributed by atoms with Crippen molar-refractivity contribution in [2.75, 3.05) is 0 Å². The molecule has 0 aliphatic carbocycles. The maximum Gasteiger partial charge on any atom is 0.0998 e. The third-order valence-electron chi connectivity index (χ3n) is 2.79. The average Bonchev–Trinajstić information content (AvgIpc) is 2.39. The van der Waals surface area contributed by atoms with Gasteiger partial charge in [-0.05, 0) is 29.7 Å². The Bertz CT molecular complexity index is 548. The van der Waals surface area contributed by atoms with Crippen molar-refractivity contribution < 1.29 is 0 Å². The molecule has 0 heterocycles. The quantitative estimate of drug-likeness (QED) is 0.848. The van der Waals surface area contributed by atoms with Gasteiger partial charge in [0.05, 0.1) is 11.6 Å². The Morgan fingerprint density at radius 1 is 1.06 bits per heavy atom. The Kier molecular flexibility index (Phi) is 3.22. The smallest absolute Gasteiger partial charge is 0.0998 e. The van der Waals surface area contributed by atoms with Crippen LogP contribution in [0.5, 0.6) is 0 Å². The molecule has 0 spiro atoms. The highest BCUT2D eigenvalue weighted by Gasteiger charge is 2.04. The molecule has 0 aromatic heterocycles. The number of nitriles is 1. The van der Waals surface area contributed by atoms with E-state index in [1.807, 2.05) is 55.5 Å². The lowest BCUT2D eigenvalue weighted by Gasteiger charge is -2.08. The van der Waals surface area contributed by atoms with Gasteiger partial charge in [0, 0.05) is 6.04 Å². The van der Waals surface area contributed by atoms with Gasteiger partial charge in [-0.25, -0.2) is 0 Å². The predicted octanol–water partition coefficient (Wildman–Crippen LogP) is 3.24. The largest absolute Gasteiger partial charge is 0.324 e. The van der Waals surface area contributed by atoms with Crippen molar-refractivity contribution in [2.45, 2.75) is 13.0 Å². The second kappa shape index (κ2) is 4.82. The van der Waals surface area contributed by atoms with Gasteiger partial charge in [0.25, 0.3) is 0 Å². The summed E-state index contributed by atoms with van der Waals surface area (Å²) in [5.41, 5.74) is 9.61. The van der Waals surface area contributed by atoms with E-state index in [9.17, 15) is 0 Å². The van der Waals surface area contributed by atoms with Crippen molar-refractivity contribution in [1.82, 2.24) is 0 Å². The third kappa shape index (κ3) is 2.35. The molecule has 0 aliphatic heterocycles. The van der Waals surface area contributed by atoms with E-state index in [0.717, 1.165) is 16.7 Å². The van der Waals surface area contributed by atoms with Crippen molar-refractivity contribution in [2.24, 2.45) is 5.73 Å². The Balaban J connectivity index is 2.44. The molecule has 2 aromatic rings. The van der Waals surface area contributed by atoms with Crippen molar-refractivity contribution in [1.29, 1.82) is 5.26 Å². The molecule has 2 nitrogen and oxygen atoms in total. The summed E-state index contributed by atoms with van der Waals surface area (Å²) in [5.74, 6) is 0. The Morgan fingerprint density at radius 2 is 1.71 bits per heavy atom. The number of nitrogens with zero attached hydrogens (tertiary/aromatic N) is 1. The summed E-state index contributed by atoms with van der Waals surface area (Å²) in [6, 6.07) is 17.9. The molecule has 2 heteroatoms. The zero-order chi connectivity index (χ0) is 12.3. The molecule has 2 N–H and O–H groups in total. The monoisotopic (exact) mass is 222 g/mol. The summed E-state index contributed by atoms with van der Waals surface area (Å²) >= 11 is 0. The van der Waals surface area contributed by atoms with Crippen molar-refractivity contribution in [3.8, 4) is 17.2 Å². The normalized spacial score (nSPS) is 11.8. The molecule has 1 unspecified atom stereocenters. The highest BCUT2D eigenvalue weighted by atomic mass is 14.6. The molecule has 0 saturated heterocycles. The van der Waals surface area contributed by atoms with E-state index in [0.29, 0.717) is 5.56 Å². The fraction of sp³-hybridized carbons (Fsp3) is 0.133. The van der Waals surface area contributed by atoms with Crippen LogP contribution in [-0.2, 0) is 0 Å². The number of hydrogen-bond acceptors (Lipinski definition) is 2. The standard InChI is InChI=1S/C15H14N2/c1-11(17)12-6-8-13(9-7-12)15-5-3-2-4-14(15)10-16/h2-9,11H,17H2,1H3. The number of nitrogens with two attached hydrogens (primary N) is 1. The maximum absolute atomic E-state index is 9.05. The summed E-state index contributed by atoms with van der Waals surface area (Å²) in [7, 11) is 0. The Labute approximate surface area is 101 Å². The van der Waals surface area contributed by atoms with Crippen LogP contribution in [0, 0.1) is 11.3 Å². The summed E-state index contributed by atoms with van der Waals surface area (Å²) in [5, 5.41) is 9.05. The van der Waals surface area contributed by atoms with Crippen molar-refractivity contribution in [3.05, 3.63) is 59.7 Å². The van der Waals surface area contributed by atoms with Gasteiger partial charge in [0.15, 0.2) is 0 Å². The second-order valence-electron chi connectivity index (χ2n) is 4.07. The van der Waals surface area contributed by atoms with E-state index in [2.05, 4.69) is 6.07 Å². The van der Waals surface area contributed by atoms with E-state index >= 15 is 0 Å². The Morgan fingerprint density at radius 3 is 2.29 bits per heavy atom. The van der Waals surface area contributed by atoms with Gasteiger partial charge in [-0.3, -0.25) is 0 Å². The minimum absolute atomic E-state index is 0.0373. The SMILES string of the molecule is CC(N)c1ccc(-c2ccccc2C#N)cc1. The molecule has 2 aromatic carbocycles. The van der Waals surface area contributed by atoms with E-state index in [4.69, 9.17) is 11.0 Å². The highest BCUT2D eigenvalue weighted by Crippen LogP contribution is 2.24. The predicted molar refractivity (Wildman–Crippen MR) is 69.2 cm³/mol. The van der Waals surface area contributed by atoms with Crippen molar-refractivity contribution in [3.63, 3.8) is 0 Å². The maximum atomic E-state index is 9.05. The summed E-state index contributed by atoms with van der Waals surface area (Å²) in [6.07, 6.45) is 0. The molecule has 0 saturated carbocycles. The molecule has 2 rings (SSSR count). The number of hydrogen-bond donors (Lipinski definition) is 1. The topological polar surface area (TPSA) is 49.8 Å². The van der Waals surface area contributed by atoms with Crippen molar-refractivity contribution >= 4 is 0 Å². The fourth-order valence-corrected chi connectivity index (χ4v) is 1.80. The molecule has 0 bridgehead atoms. The van der Waals surface area contributed by atoms with Gasteiger partial charge >= 0.3 is 0 Å². The average molecular weight is 222 g/mol. The van der Waals surface area contributed by atoms with E-state index in [-0.39, 0.29) is 6.04 Å². The molecule has 17 heavy (non-hydrogen) atoms. The first-order valence-electron chi connectivity index (χ1n) is 5.57. The minimum atomic E-state index is 0.0373. The van der Waals surface area contributed by atoms with Crippen LogP contribution in [0.2, 0.25) is 0 Å². The molecule has 1 atom stereocenters. The third-order valence-corrected chi connectivity index (χ3v) is 2.79. The summed E-state index contributed by atoms with van der Waals surface area (Å²) < 4.78 is 0. The van der Waals surface area contributed by atoms with Gasteiger partial charge in [0.1, 0.15) is 0 Å². The van der Waals surface area contributed by atoms with E-state index < -0.39 is 0 Å². The second-order valence-corrected chi connectivity index (χ2v) is 4.07. The molecule has 0 fully saturated rings. The number of rotatable bonds is 2. The zero-order valence-electron chi connectivity index (χ0n) is 9.72. The van der Waals surface area contributed by atoms with Crippen LogP contribution in [0.4, 0.5) is 0 Å². The molecule has 0 radical (unpaired) electrons. The van der Waals surface area contributed by atoms with E-state index in [1.165, 1.54) is 0 Å². The van der Waals surface area contributed by atoms with Crippen LogP contribution in [0.1, 0.15) is 24.1 Å². The molecular weight excluding hydrogens is 208 g/mol. The minimum Gasteiger partial charge on any atom is -0.324 e. The van der Waals surface area contributed by atoms with Crippen LogP contribution in [0.25, 0.3) is 11.1 Å². The van der Waals surface area contributed by atoms with Gasteiger partial charge < -0.3 is 5.73 Å². The lowest BCUT2D eigenvalue weighted by Crippen LogP contribution is -2.04. The lowest BCUT2D eigenvalue weighted by atomic mass is 9.98. The lowest BCUT2D eigenvalue weighted by molar-refractivity contribution is 0.818. The van der Waals surface area contributed by atoms with Crippen LogP contribution in [0.15, 0.2) is 48.5 Å². The summed E-state index contributed by atoms with van der Waals surface area (Å²) in [6.45, 7) is 1.96. The zero-order valence-corrected chi connectivity index (χ0v) is 9.72. The van der Waals surface area contributed by atoms with Gasteiger partial charge in [-0.2, -0.15) is 5.26 Å². The van der Waals surface area contributed by atoms with Crippen LogP contribution < -0.4 is 5.73 Å². The molecule has 0 amide bonds. The first kappa shape index (κ1) is 11.4. The Hall–Kier alpha value is -2.11. The first-order chi connectivity index (χ1) is 8.22. The van der Waals surface area contributed by atoms with Gasteiger partial charge in [-0.15, -0.1) is 0 Å². The molecule has 84 valence electrons. The van der Waals surface area contributed by atoms with Gasteiger partial charge in [-0.1, -0.05) is 42.5 Å². The first-order valence-corrected chi connectivity index (χ1v) is 5.57. The van der Waals surface area contributed by atoms with Crippen LogP contribution >= 0.6 is 0 Å². The van der Waals surface area contributed by atoms with Crippen LogP contribution in [0.3, 0.4) is 0 Å². The molecule has 0 aliphatic rings. The highest BCUT2D eigenvalue weighted by molar-refractivity contribution is 5.70. The summed E-state index contributed by atoms with van der Waals surface area (Å²) in [4.78, 5) is 0. The molecular formula is C15H14N2. The fourth-order valence-electron chi connectivity index (χ4n) is 1.80. The van der Waals surface area contributed by atoms with E-state index in [1.54, 1.807) is 0 Å². The van der Waals surface area contributed by atoms with Gasteiger partial charge in [0.2, 0.25) is 0 Å². The number of benzene rings is 2.